The van der Waals surface area contributed by atoms with E-state index in [4.69, 9.17) is 5.26 Å². The molecule has 1 atom stereocenters. The van der Waals surface area contributed by atoms with Crippen molar-refractivity contribution >= 4 is 34.3 Å². The summed E-state index contributed by atoms with van der Waals surface area (Å²) in [6, 6.07) is 26.3. The quantitative estimate of drug-likeness (QED) is 0.161. The number of nitrogens with zero attached hydrogens (tertiary/aromatic N) is 3. The second-order valence-electron chi connectivity index (χ2n) is 9.60. The lowest BCUT2D eigenvalue weighted by Gasteiger charge is -2.22. The van der Waals surface area contributed by atoms with E-state index < -0.39 is 0 Å². The van der Waals surface area contributed by atoms with E-state index in [0.29, 0.717) is 23.5 Å². The zero-order valence-electron chi connectivity index (χ0n) is 22.3. The number of carbonyl (C=O) groups is 1. The number of amides is 1. The third-order valence-electron chi connectivity index (χ3n) is 6.73. The summed E-state index contributed by atoms with van der Waals surface area (Å²) in [7, 11) is 0. The van der Waals surface area contributed by atoms with E-state index in [9.17, 15) is 4.79 Å². The Morgan fingerprint density at radius 3 is 2.62 bits per heavy atom. The van der Waals surface area contributed by atoms with Crippen LogP contribution in [0.25, 0.3) is 10.4 Å². The Labute approximate surface area is 243 Å². The maximum atomic E-state index is 12.6. The summed E-state index contributed by atoms with van der Waals surface area (Å²) >= 11 is 3.15. The van der Waals surface area contributed by atoms with Crippen LogP contribution in [0.4, 0.5) is 5.69 Å². The molecule has 0 bridgehead atoms. The van der Waals surface area contributed by atoms with Crippen molar-refractivity contribution in [2.45, 2.75) is 45.3 Å². The maximum absolute atomic E-state index is 12.6. The van der Waals surface area contributed by atoms with Gasteiger partial charge in [-0.25, -0.2) is 4.98 Å². The van der Waals surface area contributed by atoms with E-state index in [-0.39, 0.29) is 11.9 Å². The number of hydrogen-bond donors (Lipinski definition) is 2. The van der Waals surface area contributed by atoms with Crippen LogP contribution in [0.15, 0.2) is 90.7 Å². The number of nitrogens with one attached hydrogen (secondary N) is 2. The monoisotopic (exact) mass is 565 g/mol. The normalized spacial score (nSPS) is 11.6. The molecule has 0 spiro atoms. The largest absolute Gasteiger partial charge is 0.377 e. The number of aromatic nitrogens is 2. The molecule has 0 saturated heterocycles. The van der Waals surface area contributed by atoms with Crippen LogP contribution in [0, 0.1) is 11.3 Å². The fourth-order valence-corrected chi connectivity index (χ4v) is 6.12. The molecule has 0 aliphatic carbocycles. The van der Waals surface area contributed by atoms with Crippen molar-refractivity contribution in [3.8, 4) is 16.5 Å². The smallest absolute Gasteiger partial charge is 0.261 e. The highest BCUT2D eigenvalue weighted by Crippen LogP contribution is 2.31. The number of anilines is 1. The van der Waals surface area contributed by atoms with E-state index in [2.05, 4.69) is 57.4 Å². The number of imidazole rings is 1. The van der Waals surface area contributed by atoms with Crippen LogP contribution in [0.5, 0.6) is 0 Å². The molecule has 202 valence electrons. The van der Waals surface area contributed by atoms with Gasteiger partial charge in [0.05, 0.1) is 47.3 Å². The highest BCUT2D eigenvalue weighted by Gasteiger charge is 2.17. The fraction of sp³-hybridized carbons (Fsp3) is 0.219. The van der Waals surface area contributed by atoms with Crippen LogP contribution in [-0.4, -0.2) is 15.5 Å². The van der Waals surface area contributed by atoms with Crippen molar-refractivity contribution in [2.24, 2.45) is 0 Å². The Hall–Kier alpha value is -4.19. The summed E-state index contributed by atoms with van der Waals surface area (Å²) in [6.07, 6.45) is 7.03. The van der Waals surface area contributed by atoms with Crippen molar-refractivity contribution in [2.75, 3.05) is 5.32 Å². The number of benzene rings is 2. The SMILES string of the molecule is CCCCC(Nc1ccc(-c2ccc(C(=O)NCc3cccs3)s2)cc1)c1cncn1Cc1ccc(C#N)cc1. The van der Waals surface area contributed by atoms with Crippen LogP contribution in [0.3, 0.4) is 0 Å². The minimum Gasteiger partial charge on any atom is -0.377 e. The van der Waals surface area contributed by atoms with E-state index in [0.717, 1.165) is 51.5 Å². The Morgan fingerprint density at radius 2 is 1.90 bits per heavy atom. The number of rotatable bonds is 12. The first-order chi connectivity index (χ1) is 19.6. The molecular formula is C32H31N5OS2. The van der Waals surface area contributed by atoms with Crippen LogP contribution < -0.4 is 10.6 Å². The minimum atomic E-state index is -0.0423. The first kappa shape index (κ1) is 27.4. The molecular weight excluding hydrogens is 535 g/mol. The molecule has 1 unspecified atom stereocenters. The van der Waals surface area contributed by atoms with Gasteiger partial charge in [-0.15, -0.1) is 22.7 Å². The van der Waals surface area contributed by atoms with Gasteiger partial charge < -0.3 is 15.2 Å². The van der Waals surface area contributed by atoms with Crippen LogP contribution >= 0.6 is 22.7 Å². The molecule has 6 nitrogen and oxygen atoms in total. The Morgan fingerprint density at radius 1 is 1.07 bits per heavy atom. The molecule has 0 radical (unpaired) electrons. The minimum absolute atomic E-state index is 0.0423. The Balaban J connectivity index is 1.26. The van der Waals surface area contributed by atoms with E-state index in [1.807, 2.05) is 66.4 Å². The first-order valence-electron chi connectivity index (χ1n) is 13.4. The fourth-order valence-electron chi connectivity index (χ4n) is 4.55. The standard InChI is InChI=1S/C32H31N5OS2/c1-2-3-6-28(29-20-34-22-37(29)21-24-9-7-23(18-33)8-10-24)36-26-13-11-25(12-14-26)30-15-16-31(40-30)32(38)35-19-27-5-4-17-39-27/h4-5,7-17,20,22,28,36H,2-3,6,19,21H2,1H3,(H,35,38). The topological polar surface area (TPSA) is 82.7 Å². The number of carbonyl (C=O) groups excluding carboxylic acids is 1. The molecule has 0 aliphatic rings. The zero-order valence-corrected chi connectivity index (χ0v) is 24.0. The van der Waals surface area contributed by atoms with Gasteiger partial charge in [0.15, 0.2) is 0 Å². The molecule has 2 N–H and O–H groups in total. The number of thiophene rings is 2. The van der Waals surface area contributed by atoms with Gasteiger partial charge in [0.1, 0.15) is 0 Å². The lowest BCUT2D eigenvalue weighted by atomic mass is 10.1. The maximum Gasteiger partial charge on any atom is 0.261 e. The molecule has 5 rings (SSSR count). The van der Waals surface area contributed by atoms with Gasteiger partial charge in [-0.2, -0.15) is 5.26 Å². The lowest BCUT2D eigenvalue weighted by Crippen LogP contribution is -2.21. The molecule has 1 amide bonds. The number of nitriles is 1. The zero-order chi connectivity index (χ0) is 27.7. The van der Waals surface area contributed by atoms with Crippen molar-refractivity contribution in [3.63, 3.8) is 0 Å². The molecule has 0 aliphatic heterocycles. The summed E-state index contributed by atoms with van der Waals surface area (Å²) in [4.78, 5) is 20.0. The van der Waals surface area contributed by atoms with Gasteiger partial charge in [0.2, 0.25) is 0 Å². The van der Waals surface area contributed by atoms with E-state index >= 15 is 0 Å². The van der Waals surface area contributed by atoms with Gasteiger partial charge in [-0.3, -0.25) is 4.79 Å². The van der Waals surface area contributed by atoms with Crippen LogP contribution in [0.2, 0.25) is 0 Å². The predicted octanol–water partition coefficient (Wildman–Crippen LogP) is 7.87. The molecule has 3 heterocycles. The second-order valence-corrected chi connectivity index (χ2v) is 11.7. The molecule has 5 aromatic rings. The van der Waals surface area contributed by atoms with E-state index in [1.54, 1.807) is 11.3 Å². The highest BCUT2D eigenvalue weighted by molar-refractivity contribution is 7.17. The van der Waals surface area contributed by atoms with Gasteiger partial charge in [-0.05, 0) is 65.4 Å². The summed E-state index contributed by atoms with van der Waals surface area (Å²) in [6.45, 7) is 3.46. The molecule has 40 heavy (non-hydrogen) atoms. The second kappa shape index (κ2) is 13.2. The van der Waals surface area contributed by atoms with Gasteiger partial charge in [0, 0.05) is 22.0 Å². The van der Waals surface area contributed by atoms with Crippen molar-refractivity contribution in [1.29, 1.82) is 5.26 Å². The van der Waals surface area contributed by atoms with Crippen molar-refractivity contribution in [1.82, 2.24) is 14.9 Å². The molecule has 0 fully saturated rings. The average molecular weight is 566 g/mol. The summed E-state index contributed by atoms with van der Waals surface area (Å²) in [5, 5.41) is 17.8. The molecule has 2 aromatic carbocycles. The van der Waals surface area contributed by atoms with E-state index in [1.165, 1.54) is 11.3 Å². The summed E-state index contributed by atoms with van der Waals surface area (Å²) in [5.74, 6) is -0.0423. The van der Waals surface area contributed by atoms with Crippen LogP contribution in [-0.2, 0) is 13.1 Å². The van der Waals surface area contributed by atoms with Crippen molar-refractivity contribution < 1.29 is 4.79 Å². The highest BCUT2D eigenvalue weighted by atomic mass is 32.1. The first-order valence-corrected chi connectivity index (χ1v) is 15.1. The Bertz CT molecular complexity index is 1560. The van der Waals surface area contributed by atoms with Gasteiger partial charge in [0.25, 0.3) is 5.91 Å². The van der Waals surface area contributed by atoms with Gasteiger partial charge >= 0.3 is 0 Å². The summed E-state index contributed by atoms with van der Waals surface area (Å²) in [5.41, 5.74) is 5.06. The van der Waals surface area contributed by atoms with Crippen LogP contribution in [0.1, 0.15) is 63.6 Å². The number of hydrogen-bond acceptors (Lipinski definition) is 6. The number of unbranched alkanes of at least 4 members (excludes halogenated alkanes) is 1. The molecule has 3 aromatic heterocycles. The third kappa shape index (κ3) is 6.87. The average Bonchev–Trinajstić information content (AvgIpc) is 3.78. The summed E-state index contributed by atoms with van der Waals surface area (Å²) < 4.78 is 2.18. The molecule has 0 saturated carbocycles. The third-order valence-corrected chi connectivity index (χ3v) is 8.74. The Kier molecular flexibility index (Phi) is 9.07. The molecule has 8 heteroatoms. The predicted molar refractivity (Wildman–Crippen MR) is 164 cm³/mol. The lowest BCUT2D eigenvalue weighted by molar-refractivity contribution is 0.0955. The van der Waals surface area contributed by atoms with Crippen molar-refractivity contribution in [3.05, 3.63) is 117 Å². The van der Waals surface area contributed by atoms with Gasteiger partial charge in [-0.1, -0.05) is 50.1 Å².